The summed E-state index contributed by atoms with van der Waals surface area (Å²) in [5.74, 6) is -1.20. The molecule has 5 heteroatoms. The van der Waals surface area contributed by atoms with Gasteiger partial charge >= 0.3 is 5.97 Å². The van der Waals surface area contributed by atoms with Crippen LogP contribution in [0, 0.1) is 0 Å². The molecule has 2 unspecified atom stereocenters. The van der Waals surface area contributed by atoms with E-state index in [2.05, 4.69) is 0 Å². The molecule has 0 aliphatic rings. The Morgan fingerprint density at radius 2 is 1.67 bits per heavy atom. The second-order valence-electron chi connectivity index (χ2n) is 5.00. The van der Waals surface area contributed by atoms with Crippen molar-refractivity contribution >= 4 is 11.9 Å². The highest BCUT2D eigenvalue weighted by atomic mass is 16.4. The Bertz CT molecular complexity index is 472. The fraction of sp³-hybridized carbons (Fsp3) is 0.500. The van der Waals surface area contributed by atoms with Crippen LogP contribution in [0.3, 0.4) is 0 Å². The summed E-state index contributed by atoms with van der Waals surface area (Å²) in [7, 11) is 1.54. The average molecular weight is 292 g/mol. The molecule has 1 aromatic rings. The molecule has 0 fully saturated rings. The van der Waals surface area contributed by atoms with Crippen molar-refractivity contribution < 1.29 is 14.7 Å². The lowest BCUT2D eigenvalue weighted by Gasteiger charge is -2.33. The highest BCUT2D eigenvalue weighted by Gasteiger charge is 2.32. The van der Waals surface area contributed by atoms with Gasteiger partial charge in [0.25, 0.3) is 0 Å². The van der Waals surface area contributed by atoms with Crippen molar-refractivity contribution in [1.82, 2.24) is 9.80 Å². The number of benzene rings is 1. The van der Waals surface area contributed by atoms with Crippen LogP contribution < -0.4 is 0 Å². The summed E-state index contributed by atoms with van der Waals surface area (Å²) in [5, 5.41) is 9.10. The zero-order chi connectivity index (χ0) is 16.0. The lowest BCUT2D eigenvalue weighted by Crippen LogP contribution is -2.47. The van der Waals surface area contributed by atoms with E-state index < -0.39 is 18.1 Å². The van der Waals surface area contributed by atoms with Crippen LogP contribution in [0.4, 0.5) is 0 Å². The second-order valence-corrected chi connectivity index (χ2v) is 5.00. The molecule has 0 heterocycles. The Morgan fingerprint density at radius 3 is 2.10 bits per heavy atom. The fourth-order valence-corrected chi connectivity index (χ4v) is 2.28. The van der Waals surface area contributed by atoms with Crippen molar-refractivity contribution in [1.29, 1.82) is 0 Å². The van der Waals surface area contributed by atoms with E-state index in [0.717, 1.165) is 18.7 Å². The first-order chi connectivity index (χ1) is 9.93. The van der Waals surface area contributed by atoms with Crippen LogP contribution in [-0.4, -0.2) is 53.0 Å². The molecule has 0 aliphatic heterocycles. The average Bonchev–Trinajstić information content (AvgIpc) is 2.51. The molecule has 2 atom stereocenters. The normalized spacial score (nSPS) is 13.8. The van der Waals surface area contributed by atoms with E-state index in [1.54, 1.807) is 7.05 Å². The topological polar surface area (TPSA) is 60.9 Å². The van der Waals surface area contributed by atoms with Crippen molar-refractivity contribution in [2.75, 3.05) is 20.1 Å². The van der Waals surface area contributed by atoms with Crippen molar-refractivity contribution in [3.05, 3.63) is 35.9 Å². The molecule has 0 bridgehead atoms. The number of carbonyl (C=O) groups excluding carboxylic acids is 1. The van der Waals surface area contributed by atoms with E-state index in [9.17, 15) is 9.59 Å². The third-order valence-electron chi connectivity index (χ3n) is 3.81. The number of hydrogen-bond acceptors (Lipinski definition) is 3. The maximum Gasteiger partial charge on any atom is 0.326 e. The third kappa shape index (κ3) is 4.04. The number of carboxylic acid groups (broad SMARTS) is 1. The standard InChI is InChI=1S/C16H24N2O3/c1-5-18(6-2)14(13-10-8-7-9-11-13)15(19)17(4)12(3)16(20)21/h7-12,14H,5-6H2,1-4H3,(H,20,21). The molecule has 1 amide bonds. The van der Waals surface area contributed by atoms with E-state index in [1.165, 1.54) is 11.8 Å². The van der Waals surface area contributed by atoms with Crippen LogP contribution >= 0.6 is 0 Å². The van der Waals surface area contributed by atoms with E-state index >= 15 is 0 Å². The predicted octanol–water partition coefficient (Wildman–Crippen LogP) is 2.00. The minimum atomic E-state index is -1.00. The van der Waals surface area contributed by atoms with Crippen LogP contribution in [0.2, 0.25) is 0 Å². The van der Waals surface area contributed by atoms with Gasteiger partial charge in [-0.3, -0.25) is 9.69 Å². The van der Waals surface area contributed by atoms with Gasteiger partial charge in [0.15, 0.2) is 0 Å². The SMILES string of the molecule is CCN(CC)C(C(=O)N(C)C(C)C(=O)O)c1ccccc1. The summed E-state index contributed by atoms with van der Waals surface area (Å²) < 4.78 is 0. The van der Waals surface area contributed by atoms with E-state index in [0.29, 0.717) is 0 Å². The Hall–Kier alpha value is -1.88. The Morgan fingerprint density at radius 1 is 1.14 bits per heavy atom. The molecule has 116 valence electrons. The molecule has 0 saturated heterocycles. The highest BCUT2D eigenvalue weighted by Crippen LogP contribution is 2.23. The molecule has 21 heavy (non-hydrogen) atoms. The summed E-state index contributed by atoms with van der Waals surface area (Å²) in [5.41, 5.74) is 0.885. The number of carboxylic acids is 1. The molecule has 0 saturated carbocycles. The van der Waals surface area contributed by atoms with Gasteiger partial charge in [-0.15, -0.1) is 0 Å². The maximum absolute atomic E-state index is 12.8. The molecule has 1 aromatic carbocycles. The molecular formula is C16H24N2O3. The van der Waals surface area contributed by atoms with Crippen molar-refractivity contribution in [3.8, 4) is 0 Å². The summed E-state index contributed by atoms with van der Waals surface area (Å²) in [4.78, 5) is 27.2. The van der Waals surface area contributed by atoms with Crippen LogP contribution in [-0.2, 0) is 9.59 Å². The van der Waals surface area contributed by atoms with Crippen molar-refractivity contribution in [3.63, 3.8) is 0 Å². The van der Waals surface area contributed by atoms with Gasteiger partial charge in [0, 0.05) is 7.05 Å². The summed E-state index contributed by atoms with van der Waals surface area (Å²) in [6, 6.07) is 8.18. The van der Waals surface area contributed by atoms with E-state index in [4.69, 9.17) is 5.11 Å². The Labute approximate surface area is 126 Å². The Balaban J connectivity index is 3.12. The van der Waals surface area contributed by atoms with Crippen LogP contribution in [0.5, 0.6) is 0 Å². The number of nitrogens with zero attached hydrogens (tertiary/aromatic N) is 2. The van der Waals surface area contributed by atoms with Crippen LogP contribution in [0.25, 0.3) is 0 Å². The molecule has 1 N–H and O–H groups in total. The number of likely N-dealkylation sites (N-methyl/N-ethyl adjacent to an activating group) is 2. The fourth-order valence-electron chi connectivity index (χ4n) is 2.28. The first kappa shape index (κ1) is 17.2. The molecular weight excluding hydrogens is 268 g/mol. The highest BCUT2D eigenvalue weighted by molar-refractivity contribution is 5.87. The summed E-state index contributed by atoms with van der Waals surface area (Å²) in [6.45, 7) is 6.94. The van der Waals surface area contributed by atoms with Gasteiger partial charge in [0.1, 0.15) is 12.1 Å². The minimum Gasteiger partial charge on any atom is -0.480 e. The molecule has 0 radical (unpaired) electrons. The van der Waals surface area contributed by atoms with Gasteiger partial charge in [-0.05, 0) is 25.6 Å². The first-order valence-electron chi connectivity index (χ1n) is 7.22. The molecule has 0 aromatic heterocycles. The minimum absolute atomic E-state index is 0.195. The van der Waals surface area contributed by atoms with Gasteiger partial charge in [0.05, 0.1) is 0 Å². The lowest BCUT2D eigenvalue weighted by molar-refractivity contribution is -0.150. The maximum atomic E-state index is 12.8. The molecule has 5 nitrogen and oxygen atoms in total. The van der Waals surface area contributed by atoms with Gasteiger partial charge in [0.2, 0.25) is 5.91 Å². The van der Waals surface area contributed by atoms with E-state index in [-0.39, 0.29) is 5.91 Å². The zero-order valence-corrected chi connectivity index (χ0v) is 13.1. The first-order valence-corrected chi connectivity index (χ1v) is 7.22. The number of rotatable bonds is 7. The van der Waals surface area contributed by atoms with Crippen molar-refractivity contribution in [2.24, 2.45) is 0 Å². The number of amides is 1. The largest absolute Gasteiger partial charge is 0.480 e. The van der Waals surface area contributed by atoms with Gasteiger partial charge in [-0.25, -0.2) is 4.79 Å². The van der Waals surface area contributed by atoms with Gasteiger partial charge < -0.3 is 10.0 Å². The number of aliphatic carboxylic acids is 1. The van der Waals surface area contributed by atoms with Crippen LogP contribution in [0.1, 0.15) is 32.4 Å². The molecule has 0 aliphatic carbocycles. The van der Waals surface area contributed by atoms with Gasteiger partial charge in [-0.1, -0.05) is 44.2 Å². The zero-order valence-electron chi connectivity index (χ0n) is 13.1. The Kier molecular flexibility index (Phi) is 6.37. The second kappa shape index (κ2) is 7.78. The summed E-state index contributed by atoms with van der Waals surface area (Å²) >= 11 is 0. The molecule has 0 spiro atoms. The number of carbonyl (C=O) groups is 2. The monoisotopic (exact) mass is 292 g/mol. The predicted molar refractivity (Wildman–Crippen MR) is 82.0 cm³/mol. The summed E-state index contributed by atoms with van der Waals surface area (Å²) in [6.07, 6.45) is 0. The lowest BCUT2D eigenvalue weighted by atomic mass is 10.0. The quantitative estimate of drug-likeness (QED) is 0.835. The number of hydrogen-bond donors (Lipinski definition) is 1. The van der Waals surface area contributed by atoms with Crippen LogP contribution in [0.15, 0.2) is 30.3 Å². The third-order valence-corrected chi connectivity index (χ3v) is 3.81. The van der Waals surface area contributed by atoms with Crippen molar-refractivity contribution in [2.45, 2.75) is 32.9 Å². The smallest absolute Gasteiger partial charge is 0.326 e. The van der Waals surface area contributed by atoms with E-state index in [1.807, 2.05) is 49.1 Å². The van der Waals surface area contributed by atoms with Gasteiger partial charge in [-0.2, -0.15) is 0 Å². The molecule has 1 rings (SSSR count).